The number of benzene rings is 1. The van der Waals surface area contributed by atoms with E-state index in [1.807, 2.05) is 43.5 Å². The predicted octanol–water partition coefficient (Wildman–Crippen LogP) is 4.55. The molecule has 106 valence electrons. The predicted molar refractivity (Wildman–Crippen MR) is 86.2 cm³/mol. The maximum Gasteiger partial charge on any atom is 0.126 e. The lowest BCUT2D eigenvalue weighted by Crippen LogP contribution is -2.03. The monoisotopic (exact) mass is 334 g/mol. The van der Waals surface area contributed by atoms with Crippen molar-refractivity contribution in [2.45, 2.75) is 26.9 Å². The van der Waals surface area contributed by atoms with Gasteiger partial charge in [-0.25, -0.2) is 4.98 Å². The Labute approximate surface area is 128 Å². The quantitative estimate of drug-likeness (QED) is 0.841. The molecule has 1 heterocycles. The van der Waals surface area contributed by atoms with E-state index in [1.165, 1.54) is 0 Å². The maximum absolute atomic E-state index is 5.88. The molecule has 0 atom stereocenters. The second-order valence-electron chi connectivity index (χ2n) is 4.67. The van der Waals surface area contributed by atoms with Gasteiger partial charge in [0.2, 0.25) is 0 Å². The van der Waals surface area contributed by atoms with Crippen molar-refractivity contribution in [1.29, 1.82) is 0 Å². The van der Waals surface area contributed by atoms with E-state index in [2.05, 4.69) is 33.2 Å². The van der Waals surface area contributed by atoms with E-state index in [0.29, 0.717) is 6.61 Å². The van der Waals surface area contributed by atoms with Crippen LogP contribution in [0.1, 0.15) is 24.5 Å². The van der Waals surface area contributed by atoms with Crippen molar-refractivity contribution in [3.05, 3.63) is 52.1 Å². The molecule has 0 amide bonds. The molecule has 0 saturated heterocycles. The Morgan fingerprint density at radius 1 is 1.25 bits per heavy atom. The lowest BCUT2D eigenvalue weighted by atomic mass is 10.2. The van der Waals surface area contributed by atoms with Crippen LogP contribution in [0.4, 0.5) is 5.82 Å². The van der Waals surface area contributed by atoms with Crippen LogP contribution in [0.5, 0.6) is 5.75 Å². The van der Waals surface area contributed by atoms with E-state index in [4.69, 9.17) is 4.74 Å². The third kappa shape index (κ3) is 4.23. The summed E-state index contributed by atoms with van der Waals surface area (Å²) in [6.07, 6.45) is 2.89. The minimum absolute atomic E-state index is 0.542. The summed E-state index contributed by atoms with van der Waals surface area (Å²) in [4.78, 5) is 4.29. The molecule has 1 aromatic heterocycles. The molecule has 0 aliphatic heterocycles. The van der Waals surface area contributed by atoms with Gasteiger partial charge in [0.1, 0.15) is 18.2 Å². The fourth-order valence-electron chi connectivity index (χ4n) is 1.80. The molecular formula is C16H19BrN2O. The molecule has 20 heavy (non-hydrogen) atoms. The fraction of sp³-hybridized carbons (Fsp3) is 0.312. The smallest absolute Gasteiger partial charge is 0.126 e. The minimum Gasteiger partial charge on any atom is -0.489 e. The highest BCUT2D eigenvalue weighted by Gasteiger charge is 2.02. The third-order valence-electron chi connectivity index (χ3n) is 2.92. The molecule has 0 spiro atoms. The molecule has 2 aromatic rings. The van der Waals surface area contributed by atoms with Crippen molar-refractivity contribution in [1.82, 2.24) is 4.98 Å². The van der Waals surface area contributed by atoms with Gasteiger partial charge in [-0.2, -0.15) is 0 Å². The first kappa shape index (κ1) is 14.9. The third-order valence-corrected chi connectivity index (χ3v) is 3.42. The second kappa shape index (κ2) is 7.29. The van der Waals surface area contributed by atoms with Crippen molar-refractivity contribution in [3.8, 4) is 5.75 Å². The summed E-state index contributed by atoms with van der Waals surface area (Å²) in [5, 5.41) is 3.28. The molecule has 1 N–H and O–H groups in total. The van der Waals surface area contributed by atoms with E-state index in [1.54, 1.807) is 0 Å². The first-order chi connectivity index (χ1) is 9.69. The van der Waals surface area contributed by atoms with Crippen molar-refractivity contribution in [3.63, 3.8) is 0 Å². The number of hydrogen-bond donors (Lipinski definition) is 1. The van der Waals surface area contributed by atoms with Crippen LogP contribution >= 0.6 is 15.9 Å². The van der Waals surface area contributed by atoms with Crippen LogP contribution < -0.4 is 10.1 Å². The fourth-order valence-corrected chi connectivity index (χ4v) is 2.14. The van der Waals surface area contributed by atoms with Crippen molar-refractivity contribution in [2.24, 2.45) is 0 Å². The van der Waals surface area contributed by atoms with Gasteiger partial charge in [-0.1, -0.05) is 28.9 Å². The summed E-state index contributed by atoms with van der Waals surface area (Å²) in [6, 6.07) is 10.1. The van der Waals surface area contributed by atoms with Crippen LogP contribution in [0.25, 0.3) is 0 Å². The lowest BCUT2D eigenvalue weighted by Gasteiger charge is -2.10. The summed E-state index contributed by atoms with van der Waals surface area (Å²) in [6.45, 7) is 5.65. The number of halogens is 1. The molecule has 4 heteroatoms. The number of ether oxygens (including phenoxy) is 1. The van der Waals surface area contributed by atoms with Crippen molar-refractivity contribution < 1.29 is 4.74 Å². The molecular weight excluding hydrogens is 316 g/mol. The van der Waals surface area contributed by atoms with E-state index in [-0.39, 0.29) is 0 Å². The van der Waals surface area contributed by atoms with Crippen LogP contribution in [0.3, 0.4) is 0 Å². The van der Waals surface area contributed by atoms with Gasteiger partial charge < -0.3 is 10.1 Å². The standard InChI is InChI=1S/C16H19BrN2O/c1-3-7-18-16-9-13(6-8-19-16)11-20-15-10-14(17)5-4-12(15)2/h4-6,8-10H,3,7,11H2,1-2H3,(H,18,19). The Morgan fingerprint density at radius 3 is 2.90 bits per heavy atom. The zero-order valence-electron chi connectivity index (χ0n) is 11.8. The number of hydrogen-bond acceptors (Lipinski definition) is 3. The molecule has 3 nitrogen and oxygen atoms in total. The van der Waals surface area contributed by atoms with E-state index >= 15 is 0 Å². The second-order valence-corrected chi connectivity index (χ2v) is 5.59. The Kier molecular flexibility index (Phi) is 5.41. The van der Waals surface area contributed by atoms with Crippen LogP contribution in [-0.2, 0) is 6.61 Å². The molecule has 0 saturated carbocycles. The van der Waals surface area contributed by atoms with Crippen LogP contribution in [0.2, 0.25) is 0 Å². The lowest BCUT2D eigenvalue weighted by molar-refractivity contribution is 0.304. The maximum atomic E-state index is 5.88. The van der Waals surface area contributed by atoms with Gasteiger partial charge in [0.25, 0.3) is 0 Å². The van der Waals surface area contributed by atoms with Crippen LogP contribution in [0, 0.1) is 6.92 Å². The summed E-state index contributed by atoms with van der Waals surface area (Å²) < 4.78 is 6.90. The summed E-state index contributed by atoms with van der Waals surface area (Å²) >= 11 is 3.46. The zero-order chi connectivity index (χ0) is 14.4. The number of nitrogens with zero attached hydrogens (tertiary/aromatic N) is 1. The van der Waals surface area contributed by atoms with E-state index in [9.17, 15) is 0 Å². The van der Waals surface area contributed by atoms with E-state index in [0.717, 1.165) is 40.1 Å². The Balaban J connectivity index is 2.01. The molecule has 0 fully saturated rings. The molecule has 0 unspecified atom stereocenters. The summed E-state index contributed by atoms with van der Waals surface area (Å²) in [5.41, 5.74) is 2.24. The number of pyridine rings is 1. The number of aromatic nitrogens is 1. The highest BCUT2D eigenvalue weighted by molar-refractivity contribution is 9.10. The Morgan fingerprint density at radius 2 is 2.10 bits per heavy atom. The van der Waals surface area contributed by atoms with E-state index < -0.39 is 0 Å². The number of nitrogens with one attached hydrogen (secondary N) is 1. The van der Waals surface area contributed by atoms with Crippen LogP contribution in [0.15, 0.2) is 41.0 Å². The number of anilines is 1. The van der Waals surface area contributed by atoms with Gasteiger partial charge >= 0.3 is 0 Å². The van der Waals surface area contributed by atoms with Gasteiger partial charge in [0.15, 0.2) is 0 Å². The Hall–Kier alpha value is -1.55. The van der Waals surface area contributed by atoms with Gasteiger partial charge in [-0.3, -0.25) is 0 Å². The van der Waals surface area contributed by atoms with Gasteiger partial charge in [-0.15, -0.1) is 0 Å². The average molecular weight is 335 g/mol. The largest absolute Gasteiger partial charge is 0.489 e. The zero-order valence-corrected chi connectivity index (χ0v) is 13.4. The number of aryl methyl sites for hydroxylation is 1. The summed E-state index contributed by atoms with van der Waals surface area (Å²) in [5.74, 6) is 1.80. The molecule has 2 rings (SSSR count). The Bertz CT molecular complexity index is 572. The topological polar surface area (TPSA) is 34.1 Å². The first-order valence-corrected chi connectivity index (χ1v) is 7.56. The normalized spacial score (nSPS) is 10.3. The number of rotatable bonds is 6. The highest BCUT2D eigenvalue weighted by Crippen LogP contribution is 2.24. The van der Waals surface area contributed by atoms with Crippen LogP contribution in [-0.4, -0.2) is 11.5 Å². The van der Waals surface area contributed by atoms with Gasteiger partial charge in [0, 0.05) is 17.2 Å². The highest BCUT2D eigenvalue weighted by atomic mass is 79.9. The van der Waals surface area contributed by atoms with Crippen molar-refractivity contribution in [2.75, 3.05) is 11.9 Å². The summed E-state index contributed by atoms with van der Waals surface area (Å²) in [7, 11) is 0. The molecule has 0 aliphatic carbocycles. The van der Waals surface area contributed by atoms with Gasteiger partial charge in [0.05, 0.1) is 0 Å². The molecule has 0 aliphatic rings. The molecule has 0 radical (unpaired) electrons. The molecule has 1 aromatic carbocycles. The van der Waals surface area contributed by atoms with Gasteiger partial charge in [-0.05, 0) is 48.7 Å². The average Bonchev–Trinajstić information content (AvgIpc) is 2.46. The SMILES string of the molecule is CCCNc1cc(COc2cc(Br)ccc2C)ccn1. The minimum atomic E-state index is 0.542. The van der Waals surface area contributed by atoms with Crippen molar-refractivity contribution >= 4 is 21.7 Å². The first-order valence-electron chi connectivity index (χ1n) is 6.77. The molecule has 0 bridgehead atoms.